The molecule has 1 aliphatic rings. The van der Waals surface area contributed by atoms with Gasteiger partial charge in [0.05, 0.1) is 11.9 Å². The number of amides is 1. The predicted molar refractivity (Wildman–Crippen MR) is 119 cm³/mol. The van der Waals surface area contributed by atoms with Gasteiger partial charge in [-0.3, -0.25) is 9.20 Å². The van der Waals surface area contributed by atoms with Crippen LogP contribution in [0.2, 0.25) is 0 Å². The molecule has 6 rings (SSSR count). The summed E-state index contributed by atoms with van der Waals surface area (Å²) >= 11 is 0. The van der Waals surface area contributed by atoms with E-state index in [4.69, 9.17) is 0 Å². The van der Waals surface area contributed by atoms with Gasteiger partial charge in [0.15, 0.2) is 11.3 Å². The van der Waals surface area contributed by atoms with Crippen LogP contribution < -0.4 is 0 Å². The Balaban J connectivity index is 1.24. The summed E-state index contributed by atoms with van der Waals surface area (Å²) < 4.78 is 3.79. The number of benzene rings is 1. The van der Waals surface area contributed by atoms with Crippen LogP contribution in [-0.2, 0) is 0 Å². The second kappa shape index (κ2) is 7.56. The van der Waals surface area contributed by atoms with Crippen LogP contribution in [0, 0.1) is 0 Å². The molecule has 0 bridgehead atoms. The van der Waals surface area contributed by atoms with Crippen molar-refractivity contribution in [2.24, 2.45) is 0 Å². The number of aromatic nitrogens is 6. The molecule has 5 aromatic rings. The van der Waals surface area contributed by atoms with Gasteiger partial charge in [-0.25, -0.2) is 9.50 Å². The Morgan fingerprint density at radius 1 is 0.938 bits per heavy atom. The highest BCUT2D eigenvalue weighted by Gasteiger charge is 2.29. The van der Waals surface area contributed by atoms with Crippen molar-refractivity contribution in [3.05, 3.63) is 84.6 Å². The van der Waals surface area contributed by atoms with Gasteiger partial charge in [0.25, 0.3) is 5.91 Å². The highest BCUT2D eigenvalue weighted by molar-refractivity contribution is 6.00. The maximum atomic E-state index is 13.3. The molecule has 8 nitrogen and oxygen atoms in total. The van der Waals surface area contributed by atoms with E-state index in [0.29, 0.717) is 24.3 Å². The molecule has 1 aliphatic heterocycles. The summed E-state index contributed by atoms with van der Waals surface area (Å²) in [5.74, 6) is 1.23. The fourth-order valence-corrected chi connectivity index (χ4v) is 4.52. The van der Waals surface area contributed by atoms with E-state index in [0.717, 1.165) is 35.6 Å². The summed E-state index contributed by atoms with van der Waals surface area (Å²) in [5.41, 5.74) is 3.92. The zero-order chi connectivity index (χ0) is 21.5. The number of hydrogen-bond acceptors (Lipinski definition) is 5. The maximum absolute atomic E-state index is 13.3. The van der Waals surface area contributed by atoms with Gasteiger partial charge in [-0.05, 0) is 31.0 Å². The standard InChI is InChI=1S/C24H21N7O/c32-24(19-16-26-31-20(9-12-25-23(19)31)17-6-2-1-3-7-17)29-14-10-18(11-15-29)22-28-27-21-8-4-5-13-30(21)22/h1-9,12-13,16,18H,10-11,14-15H2. The van der Waals surface area contributed by atoms with Crippen LogP contribution in [-0.4, -0.2) is 53.1 Å². The second-order valence-corrected chi connectivity index (χ2v) is 8.04. The van der Waals surface area contributed by atoms with Crippen molar-refractivity contribution in [2.75, 3.05) is 13.1 Å². The molecule has 0 radical (unpaired) electrons. The first-order valence-electron chi connectivity index (χ1n) is 10.8. The number of carbonyl (C=O) groups is 1. The SMILES string of the molecule is O=C(c1cnn2c(-c3ccccc3)ccnc12)N1CCC(c2nnc3ccccn23)CC1. The summed E-state index contributed by atoms with van der Waals surface area (Å²) in [4.78, 5) is 19.7. The lowest BCUT2D eigenvalue weighted by molar-refractivity contribution is 0.0712. The lowest BCUT2D eigenvalue weighted by atomic mass is 9.95. The molecule has 32 heavy (non-hydrogen) atoms. The molecule has 0 N–H and O–H groups in total. The van der Waals surface area contributed by atoms with Gasteiger partial charge in [0.2, 0.25) is 0 Å². The summed E-state index contributed by atoms with van der Waals surface area (Å²) in [6.45, 7) is 1.34. The van der Waals surface area contributed by atoms with Crippen molar-refractivity contribution in [1.29, 1.82) is 0 Å². The molecule has 0 aliphatic carbocycles. The van der Waals surface area contributed by atoms with Crippen LogP contribution in [0.5, 0.6) is 0 Å². The normalized spacial score (nSPS) is 14.9. The fourth-order valence-electron chi connectivity index (χ4n) is 4.52. The predicted octanol–water partition coefficient (Wildman–Crippen LogP) is 3.46. The lowest BCUT2D eigenvalue weighted by Gasteiger charge is -2.31. The molecule has 1 fully saturated rings. The molecule has 5 heterocycles. The van der Waals surface area contributed by atoms with Crippen LogP contribution >= 0.6 is 0 Å². The largest absolute Gasteiger partial charge is 0.338 e. The zero-order valence-corrected chi connectivity index (χ0v) is 17.4. The Morgan fingerprint density at radius 3 is 2.59 bits per heavy atom. The van der Waals surface area contributed by atoms with Crippen molar-refractivity contribution in [1.82, 2.24) is 34.1 Å². The van der Waals surface area contributed by atoms with Gasteiger partial charge in [0.1, 0.15) is 11.4 Å². The monoisotopic (exact) mass is 423 g/mol. The number of pyridine rings is 1. The Labute approximate surface area is 184 Å². The van der Waals surface area contributed by atoms with E-state index in [1.54, 1.807) is 16.9 Å². The van der Waals surface area contributed by atoms with Crippen LogP contribution in [0.25, 0.3) is 22.6 Å². The molecule has 8 heteroatoms. The van der Waals surface area contributed by atoms with Crippen molar-refractivity contribution in [3.63, 3.8) is 0 Å². The van der Waals surface area contributed by atoms with Crippen LogP contribution in [0.3, 0.4) is 0 Å². The third-order valence-corrected chi connectivity index (χ3v) is 6.19. The van der Waals surface area contributed by atoms with Gasteiger partial charge < -0.3 is 4.90 Å². The zero-order valence-electron chi connectivity index (χ0n) is 17.4. The molecular formula is C24H21N7O. The van der Waals surface area contributed by atoms with Gasteiger partial charge >= 0.3 is 0 Å². The Morgan fingerprint density at radius 2 is 1.75 bits per heavy atom. The highest BCUT2D eigenvalue weighted by atomic mass is 16.2. The molecule has 0 spiro atoms. The van der Waals surface area contributed by atoms with Crippen molar-refractivity contribution >= 4 is 17.2 Å². The number of piperidine rings is 1. The van der Waals surface area contributed by atoms with E-state index in [1.165, 1.54) is 0 Å². The van der Waals surface area contributed by atoms with Crippen LogP contribution in [0.15, 0.2) is 73.2 Å². The molecule has 0 atom stereocenters. The minimum atomic E-state index is -0.0257. The van der Waals surface area contributed by atoms with E-state index < -0.39 is 0 Å². The molecule has 1 aromatic carbocycles. The maximum Gasteiger partial charge on any atom is 0.259 e. The summed E-state index contributed by atoms with van der Waals surface area (Å²) in [7, 11) is 0. The molecular weight excluding hydrogens is 402 g/mol. The first-order valence-corrected chi connectivity index (χ1v) is 10.8. The number of rotatable bonds is 3. The highest BCUT2D eigenvalue weighted by Crippen LogP contribution is 2.28. The lowest BCUT2D eigenvalue weighted by Crippen LogP contribution is -2.38. The third-order valence-electron chi connectivity index (χ3n) is 6.19. The van der Waals surface area contributed by atoms with Gasteiger partial charge in [-0.15, -0.1) is 10.2 Å². The molecule has 4 aromatic heterocycles. The number of carbonyl (C=O) groups excluding carboxylic acids is 1. The first kappa shape index (κ1) is 18.7. The van der Waals surface area contributed by atoms with E-state index in [-0.39, 0.29) is 11.8 Å². The molecule has 0 saturated carbocycles. The quantitative estimate of drug-likeness (QED) is 0.444. The average Bonchev–Trinajstić information content (AvgIpc) is 3.49. The van der Waals surface area contributed by atoms with Gasteiger partial charge in [-0.1, -0.05) is 36.4 Å². The number of likely N-dealkylation sites (tertiary alicyclic amines) is 1. The fraction of sp³-hybridized carbons (Fsp3) is 0.208. The summed E-state index contributed by atoms with van der Waals surface area (Å²) in [6.07, 6.45) is 7.07. The average molecular weight is 423 g/mol. The van der Waals surface area contributed by atoms with Crippen LogP contribution in [0.4, 0.5) is 0 Å². The Bertz CT molecular complexity index is 1410. The minimum absolute atomic E-state index is 0.0257. The van der Waals surface area contributed by atoms with Crippen molar-refractivity contribution < 1.29 is 4.79 Å². The van der Waals surface area contributed by atoms with E-state index in [9.17, 15) is 4.79 Å². The van der Waals surface area contributed by atoms with E-state index in [2.05, 4.69) is 20.3 Å². The summed E-state index contributed by atoms with van der Waals surface area (Å²) in [6, 6.07) is 17.8. The van der Waals surface area contributed by atoms with Gasteiger partial charge in [0, 0.05) is 37.0 Å². The van der Waals surface area contributed by atoms with Crippen molar-refractivity contribution in [3.8, 4) is 11.3 Å². The smallest absolute Gasteiger partial charge is 0.259 e. The van der Waals surface area contributed by atoms with E-state index >= 15 is 0 Å². The third kappa shape index (κ3) is 3.03. The summed E-state index contributed by atoms with van der Waals surface area (Å²) in [5, 5.41) is 13.2. The second-order valence-electron chi connectivity index (χ2n) is 8.04. The Hall–Kier alpha value is -4.07. The van der Waals surface area contributed by atoms with Crippen LogP contribution in [0.1, 0.15) is 34.9 Å². The molecule has 158 valence electrons. The first-order chi connectivity index (χ1) is 15.8. The number of nitrogens with zero attached hydrogens (tertiary/aromatic N) is 7. The molecule has 1 amide bonds. The van der Waals surface area contributed by atoms with Gasteiger partial charge in [-0.2, -0.15) is 5.10 Å². The molecule has 0 unspecified atom stereocenters. The topological polar surface area (TPSA) is 80.7 Å². The molecule has 1 saturated heterocycles. The number of hydrogen-bond donors (Lipinski definition) is 0. The minimum Gasteiger partial charge on any atom is -0.338 e. The Kier molecular flexibility index (Phi) is 4.41. The van der Waals surface area contributed by atoms with E-state index in [1.807, 2.05) is 70.1 Å². The number of fused-ring (bicyclic) bond motifs is 2. The van der Waals surface area contributed by atoms with Crippen molar-refractivity contribution in [2.45, 2.75) is 18.8 Å².